The molecule has 0 amide bonds. The summed E-state index contributed by atoms with van der Waals surface area (Å²) in [6.07, 6.45) is 9.04. The van der Waals surface area contributed by atoms with Gasteiger partial charge in [0.2, 0.25) is 20.0 Å². The van der Waals surface area contributed by atoms with Crippen LogP contribution >= 0.6 is 39.1 Å². The van der Waals surface area contributed by atoms with E-state index in [1.807, 2.05) is 6.07 Å². The van der Waals surface area contributed by atoms with Gasteiger partial charge in [-0.2, -0.15) is 8.61 Å². The van der Waals surface area contributed by atoms with Gasteiger partial charge >= 0.3 is 0 Å². The molecule has 1 aromatic carbocycles. The van der Waals surface area contributed by atoms with Crippen LogP contribution in [0.25, 0.3) is 0 Å². The standard InChI is InChI=1S/C29H39BrCl2N4O5S2/c30-26-18-25(20-33-29(26)32)43(40,41)35-14-8-22(9-15-35)3-1-2-21-6-12-34(13-7-21)28-5-4-24(19-27(28)31)42(38,39)36-16-10-23(37)11-17-36/h4-5,18-23,37H,1-3,6-17H2. The van der Waals surface area contributed by atoms with E-state index in [0.717, 1.165) is 63.7 Å². The van der Waals surface area contributed by atoms with E-state index in [1.165, 1.54) is 16.6 Å². The van der Waals surface area contributed by atoms with E-state index in [1.54, 1.807) is 16.4 Å². The Bertz CT molecular complexity index is 1490. The third-order valence-electron chi connectivity index (χ3n) is 9.14. The van der Waals surface area contributed by atoms with E-state index < -0.39 is 26.2 Å². The summed E-state index contributed by atoms with van der Waals surface area (Å²) in [6, 6.07) is 6.54. The number of halogens is 3. The Hall–Kier alpha value is -0.990. The van der Waals surface area contributed by atoms with Gasteiger partial charge in [0.25, 0.3) is 0 Å². The molecule has 43 heavy (non-hydrogen) atoms. The van der Waals surface area contributed by atoms with Gasteiger partial charge < -0.3 is 10.0 Å². The molecule has 9 nitrogen and oxygen atoms in total. The molecule has 1 aromatic heterocycles. The second kappa shape index (κ2) is 14.2. The van der Waals surface area contributed by atoms with Crippen LogP contribution in [0.5, 0.6) is 0 Å². The van der Waals surface area contributed by atoms with Gasteiger partial charge in [-0.15, -0.1) is 0 Å². The smallest absolute Gasteiger partial charge is 0.244 e. The van der Waals surface area contributed by atoms with Crippen molar-refractivity contribution in [2.24, 2.45) is 11.8 Å². The van der Waals surface area contributed by atoms with Gasteiger partial charge in [0.1, 0.15) is 10.0 Å². The van der Waals surface area contributed by atoms with Gasteiger partial charge in [-0.05, 0) is 90.6 Å². The van der Waals surface area contributed by atoms with Crippen LogP contribution in [0.1, 0.15) is 57.8 Å². The molecule has 2 aromatic rings. The Morgan fingerprint density at radius 2 is 1.33 bits per heavy atom. The number of anilines is 1. The number of hydrogen-bond donors (Lipinski definition) is 1. The summed E-state index contributed by atoms with van der Waals surface area (Å²) in [7, 11) is -7.21. The molecular weight excluding hydrogens is 699 g/mol. The monoisotopic (exact) mass is 736 g/mol. The minimum Gasteiger partial charge on any atom is -0.393 e. The summed E-state index contributed by atoms with van der Waals surface area (Å²) < 4.78 is 55.7. The number of hydrogen-bond acceptors (Lipinski definition) is 7. The fraction of sp³-hybridized carbons (Fsp3) is 0.621. The number of benzene rings is 1. The Labute approximate surface area is 273 Å². The summed E-state index contributed by atoms with van der Waals surface area (Å²) in [5, 5.41) is 10.4. The van der Waals surface area contributed by atoms with Crippen molar-refractivity contribution in [2.75, 3.05) is 44.2 Å². The normalized spacial score (nSPS) is 21.0. The van der Waals surface area contributed by atoms with Crippen LogP contribution in [-0.4, -0.2) is 80.9 Å². The third-order valence-corrected chi connectivity index (χ3v) is 14.3. The number of piperidine rings is 3. The predicted molar refractivity (Wildman–Crippen MR) is 173 cm³/mol. The molecule has 0 bridgehead atoms. The lowest BCUT2D eigenvalue weighted by Crippen LogP contribution is -2.40. The third kappa shape index (κ3) is 7.88. The highest BCUT2D eigenvalue weighted by molar-refractivity contribution is 9.10. The van der Waals surface area contributed by atoms with Crippen molar-refractivity contribution < 1.29 is 21.9 Å². The first-order chi connectivity index (χ1) is 20.4. The highest BCUT2D eigenvalue weighted by Crippen LogP contribution is 2.35. The summed E-state index contributed by atoms with van der Waals surface area (Å²) in [5.74, 6) is 1.17. The molecule has 238 valence electrons. The van der Waals surface area contributed by atoms with Gasteiger partial charge in [0.15, 0.2) is 0 Å². The van der Waals surface area contributed by atoms with Gasteiger partial charge in [0, 0.05) is 45.5 Å². The van der Waals surface area contributed by atoms with Crippen LogP contribution in [0, 0.1) is 11.8 Å². The second-order valence-electron chi connectivity index (χ2n) is 11.9. The number of pyridine rings is 1. The Balaban J connectivity index is 1.05. The van der Waals surface area contributed by atoms with Crippen molar-refractivity contribution in [1.29, 1.82) is 0 Å². The number of nitrogens with zero attached hydrogens (tertiary/aromatic N) is 4. The molecule has 0 aliphatic carbocycles. The lowest BCUT2D eigenvalue weighted by atomic mass is 9.87. The van der Waals surface area contributed by atoms with E-state index >= 15 is 0 Å². The molecule has 0 radical (unpaired) electrons. The Kier molecular flexibility index (Phi) is 11.0. The van der Waals surface area contributed by atoms with Crippen molar-refractivity contribution in [3.8, 4) is 0 Å². The first kappa shape index (κ1) is 33.4. The topological polar surface area (TPSA) is 111 Å². The maximum absolute atomic E-state index is 13.1. The summed E-state index contributed by atoms with van der Waals surface area (Å²) in [5.41, 5.74) is 0.872. The fourth-order valence-electron chi connectivity index (χ4n) is 6.43. The van der Waals surface area contributed by atoms with Crippen LogP contribution in [-0.2, 0) is 20.0 Å². The minimum atomic E-state index is -3.63. The average molecular weight is 739 g/mol. The van der Waals surface area contributed by atoms with Gasteiger partial charge in [-0.25, -0.2) is 21.8 Å². The van der Waals surface area contributed by atoms with E-state index in [9.17, 15) is 21.9 Å². The number of sulfonamides is 2. The molecule has 1 N–H and O–H groups in total. The maximum Gasteiger partial charge on any atom is 0.244 e. The van der Waals surface area contributed by atoms with Crippen molar-refractivity contribution in [1.82, 2.24) is 13.6 Å². The van der Waals surface area contributed by atoms with E-state index in [2.05, 4.69) is 25.8 Å². The second-order valence-corrected chi connectivity index (χ2v) is 17.4. The van der Waals surface area contributed by atoms with Crippen molar-refractivity contribution in [3.63, 3.8) is 0 Å². The number of aliphatic hydroxyl groups excluding tert-OH is 1. The van der Waals surface area contributed by atoms with Crippen LogP contribution in [0.2, 0.25) is 10.2 Å². The number of aliphatic hydroxyl groups is 1. The van der Waals surface area contributed by atoms with Gasteiger partial charge in [0.05, 0.1) is 26.2 Å². The fourth-order valence-corrected chi connectivity index (χ4v) is 10.3. The molecular formula is C29H39BrCl2N4O5S2. The molecule has 5 rings (SSSR count). The highest BCUT2D eigenvalue weighted by atomic mass is 79.9. The zero-order chi connectivity index (χ0) is 30.8. The molecule has 0 saturated carbocycles. The molecule has 3 fully saturated rings. The van der Waals surface area contributed by atoms with E-state index in [4.69, 9.17) is 23.2 Å². The molecule has 0 spiro atoms. The Morgan fingerprint density at radius 1 is 0.791 bits per heavy atom. The quantitative estimate of drug-likeness (QED) is 0.325. The highest BCUT2D eigenvalue weighted by Gasteiger charge is 2.31. The molecule has 3 saturated heterocycles. The number of rotatable bonds is 9. The van der Waals surface area contributed by atoms with Gasteiger partial charge in [-0.1, -0.05) is 42.5 Å². The largest absolute Gasteiger partial charge is 0.393 e. The lowest BCUT2D eigenvalue weighted by Gasteiger charge is -2.35. The molecule has 0 unspecified atom stereocenters. The first-order valence-electron chi connectivity index (χ1n) is 15.0. The summed E-state index contributed by atoms with van der Waals surface area (Å²) >= 11 is 15.8. The lowest BCUT2D eigenvalue weighted by molar-refractivity contribution is 0.113. The van der Waals surface area contributed by atoms with Crippen molar-refractivity contribution in [2.45, 2.75) is 73.7 Å². The van der Waals surface area contributed by atoms with Crippen LogP contribution in [0.15, 0.2) is 44.7 Å². The zero-order valence-electron chi connectivity index (χ0n) is 24.0. The molecule has 14 heteroatoms. The zero-order valence-corrected chi connectivity index (χ0v) is 28.8. The first-order valence-corrected chi connectivity index (χ1v) is 19.4. The van der Waals surface area contributed by atoms with E-state index in [-0.39, 0.29) is 14.9 Å². The molecule has 3 aliphatic rings. The molecule has 0 atom stereocenters. The summed E-state index contributed by atoms with van der Waals surface area (Å²) in [6.45, 7) is 3.44. The molecule has 4 heterocycles. The van der Waals surface area contributed by atoms with E-state index in [0.29, 0.717) is 60.4 Å². The molecule has 3 aliphatic heterocycles. The number of aromatic nitrogens is 1. The average Bonchev–Trinajstić information content (AvgIpc) is 2.99. The van der Waals surface area contributed by atoms with Crippen molar-refractivity contribution >= 4 is 64.9 Å². The van der Waals surface area contributed by atoms with Crippen molar-refractivity contribution in [3.05, 3.63) is 45.1 Å². The van der Waals surface area contributed by atoms with Crippen LogP contribution in [0.3, 0.4) is 0 Å². The maximum atomic E-state index is 13.1. The predicted octanol–water partition coefficient (Wildman–Crippen LogP) is 5.78. The Morgan fingerprint density at radius 3 is 1.88 bits per heavy atom. The van der Waals surface area contributed by atoms with Crippen LogP contribution < -0.4 is 4.90 Å². The SMILES string of the molecule is O=S(=O)(c1ccc(N2CCC(CCCC3CCN(S(=O)(=O)c4cnc(Cl)c(Br)c4)CC3)CC2)c(Cl)c1)N1CCC(O)CC1. The minimum absolute atomic E-state index is 0.162. The van der Waals surface area contributed by atoms with Crippen LogP contribution in [0.4, 0.5) is 5.69 Å². The van der Waals surface area contributed by atoms with Gasteiger partial charge in [-0.3, -0.25) is 0 Å². The summed E-state index contributed by atoms with van der Waals surface area (Å²) in [4.78, 5) is 6.58.